The van der Waals surface area contributed by atoms with Crippen molar-refractivity contribution in [2.24, 2.45) is 5.73 Å². The second-order valence-corrected chi connectivity index (χ2v) is 3.50. The summed E-state index contributed by atoms with van der Waals surface area (Å²) in [6.07, 6.45) is 1.83. The monoisotopic (exact) mass is 153 g/mol. The normalized spacial score (nSPS) is 12.0. The Kier molecular flexibility index (Phi) is 2.00. The number of hydrogen-bond acceptors (Lipinski definition) is 2. The number of imidazole rings is 1. The Balaban J connectivity index is 2.92. The summed E-state index contributed by atoms with van der Waals surface area (Å²) in [4.78, 5) is 7.40. The van der Waals surface area contributed by atoms with E-state index in [0.717, 1.165) is 11.5 Å². The van der Waals surface area contributed by atoms with Gasteiger partial charge < -0.3 is 10.7 Å². The number of hydrogen-bond donors (Lipinski definition) is 2. The van der Waals surface area contributed by atoms with Gasteiger partial charge in [0.25, 0.3) is 0 Å². The molecule has 0 saturated heterocycles. The van der Waals surface area contributed by atoms with Crippen molar-refractivity contribution in [3.05, 3.63) is 17.7 Å². The number of nitrogens with zero attached hydrogens (tertiary/aromatic N) is 1. The van der Waals surface area contributed by atoms with E-state index in [2.05, 4.69) is 23.8 Å². The van der Waals surface area contributed by atoms with Gasteiger partial charge in [0.15, 0.2) is 0 Å². The van der Waals surface area contributed by atoms with E-state index in [1.807, 2.05) is 13.1 Å². The largest absolute Gasteiger partial charge is 0.346 e. The second-order valence-electron chi connectivity index (χ2n) is 3.50. The Morgan fingerprint density at radius 1 is 1.64 bits per heavy atom. The molecular weight excluding hydrogens is 138 g/mol. The van der Waals surface area contributed by atoms with Gasteiger partial charge in [-0.3, -0.25) is 0 Å². The number of H-pyrrole nitrogens is 1. The van der Waals surface area contributed by atoms with Crippen LogP contribution in [-0.4, -0.2) is 16.5 Å². The maximum absolute atomic E-state index is 5.59. The van der Waals surface area contributed by atoms with Crippen LogP contribution in [0.1, 0.15) is 25.4 Å². The number of aryl methyl sites for hydroxylation is 1. The Morgan fingerprint density at radius 3 is 2.64 bits per heavy atom. The number of aromatic nitrogens is 2. The Hall–Kier alpha value is -0.830. The lowest BCUT2D eigenvalue weighted by Gasteiger charge is -2.18. The molecule has 62 valence electrons. The van der Waals surface area contributed by atoms with Gasteiger partial charge in [0.1, 0.15) is 5.82 Å². The van der Waals surface area contributed by atoms with E-state index in [1.54, 1.807) is 0 Å². The third kappa shape index (κ3) is 1.60. The molecule has 0 spiro atoms. The van der Waals surface area contributed by atoms with Gasteiger partial charge in [0.2, 0.25) is 0 Å². The first-order valence-corrected chi connectivity index (χ1v) is 3.78. The predicted octanol–water partition coefficient (Wildman–Crippen LogP) is 0.954. The standard InChI is InChI=1S/C8H15N3/c1-6-4-10-7(11-6)8(2,3)5-9/h4H,5,9H2,1-3H3,(H,10,11). The maximum Gasteiger partial charge on any atom is 0.113 e. The first-order chi connectivity index (χ1) is 5.06. The minimum absolute atomic E-state index is 0.0335. The summed E-state index contributed by atoms with van der Waals surface area (Å²) in [5, 5.41) is 0. The fourth-order valence-electron chi connectivity index (χ4n) is 0.853. The highest BCUT2D eigenvalue weighted by Gasteiger charge is 2.21. The molecule has 0 amide bonds. The molecule has 0 aliphatic heterocycles. The van der Waals surface area contributed by atoms with E-state index in [9.17, 15) is 0 Å². The fraction of sp³-hybridized carbons (Fsp3) is 0.625. The summed E-state index contributed by atoms with van der Waals surface area (Å²) in [5.41, 5.74) is 6.64. The average Bonchev–Trinajstić information content (AvgIpc) is 2.36. The molecule has 0 atom stereocenters. The highest BCUT2D eigenvalue weighted by molar-refractivity contribution is 5.08. The van der Waals surface area contributed by atoms with Crippen LogP contribution in [0.3, 0.4) is 0 Å². The number of nitrogens with one attached hydrogen (secondary N) is 1. The molecule has 3 N–H and O–H groups in total. The maximum atomic E-state index is 5.59. The smallest absolute Gasteiger partial charge is 0.113 e. The van der Waals surface area contributed by atoms with Crippen LogP contribution in [0.2, 0.25) is 0 Å². The Morgan fingerprint density at radius 2 is 2.27 bits per heavy atom. The lowest BCUT2D eigenvalue weighted by molar-refractivity contribution is 0.507. The molecule has 1 aromatic heterocycles. The fourth-order valence-corrected chi connectivity index (χ4v) is 0.853. The lowest BCUT2D eigenvalue weighted by Crippen LogP contribution is -2.29. The molecule has 1 rings (SSSR count). The Labute approximate surface area is 67.0 Å². The molecule has 0 saturated carbocycles. The minimum atomic E-state index is -0.0335. The molecule has 0 aliphatic rings. The molecule has 11 heavy (non-hydrogen) atoms. The predicted molar refractivity (Wildman–Crippen MR) is 45.4 cm³/mol. The van der Waals surface area contributed by atoms with E-state index in [1.165, 1.54) is 0 Å². The summed E-state index contributed by atoms with van der Waals surface area (Å²) >= 11 is 0. The molecule has 0 radical (unpaired) electrons. The van der Waals surface area contributed by atoms with Crippen LogP contribution in [0.25, 0.3) is 0 Å². The van der Waals surface area contributed by atoms with E-state index in [-0.39, 0.29) is 5.41 Å². The zero-order chi connectivity index (χ0) is 8.48. The molecule has 0 aliphatic carbocycles. The average molecular weight is 153 g/mol. The summed E-state index contributed by atoms with van der Waals surface area (Å²) in [5.74, 6) is 0.970. The van der Waals surface area contributed by atoms with Crippen molar-refractivity contribution in [2.75, 3.05) is 6.54 Å². The number of rotatable bonds is 2. The van der Waals surface area contributed by atoms with Gasteiger partial charge in [-0.05, 0) is 6.92 Å². The summed E-state index contributed by atoms with van der Waals surface area (Å²) in [7, 11) is 0. The summed E-state index contributed by atoms with van der Waals surface area (Å²) < 4.78 is 0. The van der Waals surface area contributed by atoms with Crippen LogP contribution < -0.4 is 5.73 Å². The van der Waals surface area contributed by atoms with E-state index >= 15 is 0 Å². The topological polar surface area (TPSA) is 54.7 Å². The highest BCUT2D eigenvalue weighted by Crippen LogP contribution is 2.17. The lowest BCUT2D eigenvalue weighted by atomic mass is 9.93. The van der Waals surface area contributed by atoms with E-state index in [4.69, 9.17) is 5.73 Å². The van der Waals surface area contributed by atoms with Gasteiger partial charge in [-0.1, -0.05) is 13.8 Å². The molecule has 1 heterocycles. The van der Waals surface area contributed by atoms with Crippen LogP contribution in [0.5, 0.6) is 0 Å². The van der Waals surface area contributed by atoms with E-state index in [0.29, 0.717) is 6.54 Å². The van der Waals surface area contributed by atoms with Gasteiger partial charge >= 0.3 is 0 Å². The number of aromatic amines is 1. The van der Waals surface area contributed by atoms with Crippen LogP contribution in [0, 0.1) is 6.92 Å². The third-order valence-corrected chi connectivity index (χ3v) is 1.85. The van der Waals surface area contributed by atoms with Gasteiger partial charge in [0.05, 0.1) is 0 Å². The van der Waals surface area contributed by atoms with Crippen molar-refractivity contribution < 1.29 is 0 Å². The van der Waals surface area contributed by atoms with Crippen molar-refractivity contribution in [1.29, 1.82) is 0 Å². The zero-order valence-electron chi connectivity index (χ0n) is 7.31. The van der Waals surface area contributed by atoms with Crippen molar-refractivity contribution >= 4 is 0 Å². The molecule has 1 aromatic rings. The van der Waals surface area contributed by atoms with Crippen molar-refractivity contribution in [3.8, 4) is 0 Å². The molecular formula is C8H15N3. The minimum Gasteiger partial charge on any atom is -0.346 e. The Bertz CT molecular complexity index is 237. The number of nitrogens with two attached hydrogens (primary N) is 1. The second kappa shape index (κ2) is 2.66. The van der Waals surface area contributed by atoms with Gasteiger partial charge in [-0.25, -0.2) is 4.98 Å². The van der Waals surface area contributed by atoms with E-state index < -0.39 is 0 Å². The molecule has 3 nitrogen and oxygen atoms in total. The third-order valence-electron chi connectivity index (χ3n) is 1.85. The molecule has 0 fully saturated rings. The highest BCUT2D eigenvalue weighted by atomic mass is 14.9. The molecule has 0 bridgehead atoms. The van der Waals surface area contributed by atoms with Crippen LogP contribution in [0.15, 0.2) is 6.20 Å². The van der Waals surface area contributed by atoms with Crippen molar-refractivity contribution in [2.45, 2.75) is 26.2 Å². The molecule has 0 unspecified atom stereocenters. The van der Waals surface area contributed by atoms with Crippen LogP contribution in [-0.2, 0) is 5.41 Å². The quantitative estimate of drug-likeness (QED) is 0.664. The SMILES string of the molecule is Cc1cnc(C(C)(C)CN)[nH]1. The van der Waals surface area contributed by atoms with Crippen LogP contribution in [0.4, 0.5) is 0 Å². The zero-order valence-corrected chi connectivity index (χ0v) is 7.31. The van der Waals surface area contributed by atoms with Crippen molar-refractivity contribution in [3.63, 3.8) is 0 Å². The summed E-state index contributed by atoms with van der Waals surface area (Å²) in [6.45, 7) is 6.75. The van der Waals surface area contributed by atoms with Gasteiger partial charge in [-0.2, -0.15) is 0 Å². The summed E-state index contributed by atoms with van der Waals surface area (Å²) in [6, 6.07) is 0. The first-order valence-electron chi connectivity index (χ1n) is 3.78. The van der Waals surface area contributed by atoms with Crippen LogP contribution >= 0.6 is 0 Å². The molecule has 0 aromatic carbocycles. The van der Waals surface area contributed by atoms with Crippen molar-refractivity contribution in [1.82, 2.24) is 9.97 Å². The van der Waals surface area contributed by atoms with Gasteiger partial charge in [0, 0.05) is 23.9 Å². The molecule has 3 heteroatoms. The first kappa shape index (κ1) is 8.27. The van der Waals surface area contributed by atoms with Gasteiger partial charge in [-0.15, -0.1) is 0 Å².